The molecule has 0 aromatic heterocycles. The quantitative estimate of drug-likeness (QED) is 0.906. The third kappa shape index (κ3) is 3.78. The van der Waals surface area contributed by atoms with E-state index in [0.717, 1.165) is 12.1 Å². The monoisotopic (exact) mass is 328 g/mol. The molecule has 0 radical (unpaired) electrons. The zero-order valence-corrected chi connectivity index (χ0v) is 12.1. The standard InChI is InChI=1S/C13H10ClFN2O3S/c14-12-6-8(15)4-5-11(12)13(18)17-9-2-1-3-10(7-9)21(16,19)20/h1-7H,(H,17,18)(H2,16,19,20). The molecule has 0 heterocycles. The molecule has 0 aliphatic rings. The van der Waals surface area contributed by atoms with Crippen molar-refractivity contribution >= 4 is 33.2 Å². The second kappa shape index (κ2) is 5.80. The molecular formula is C13H10ClFN2O3S. The largest absolute Gasteiger partial charge is 0.322 e. The minimum absolute atomic E-state index is 0.0462. The Balaban J connectivity index is 2.28. The highest BCUT2D eigenvalue weighted by Crippen LogP contribution is 2.20. The SMILES string of the molecule is NS(=O)(=O)c1cccc(NC(=O)c2ccc(F)cc2Cl)c1. The third-order valence-corrected chi connectivity index (χ3v) is 3.82. The molecule has 0 atom stereocenters. The second-order valence-corrected chi connectivity index (χ2v) is 6.12. The summed E-state index contributed by atoms with van der Waals surface area (Å²) in [4.78, 5) is 11.9. The Morgan fingerprint density at radius 3 is 2.52 bits per heavy atom. The lowest BCUT2D eigenvalue weighted by Crippen LogP contribution is -2.15. The van der Waals surface area contributed by atoms with Crippen molar-refractivity contribution in [3.63, 3.8) is 0 Å². The summed E-state index contributed by atoms with van der Waals surface area (Å²) < 4.78 is 35.4. The zero-order chi connectivity index (χ0) is 15.6. The van der Waals surface area contributed by atoms with Crippen molar-refractivity contribution in [1.29, 1.82) is 0 Å². The maximum Gasteiger partial charge on any atom is 0.257 e. The van der Waals surface area contributed by atoms with Gasteiger partial charge in [-0.3, -0.25) is 4.79 Å². The normalized spacial score (nSPS) is 11.2. The van der Waals surface area contributed by atoms with E-state index in [1.165, 1.54) is 30.3 Å². The van der Waals surface area contributed by atoms with E-state index >= 15 is 0 Å². The fourth-order valence-corrected chi connectivity index (χ4v) is 2.44. The number of benzene rings is 2. The van der Waals surface area contributed by atoms with E-state index < -0.39 is 21.7 Å². The number of nitrogens with one attached hydrogen (secondary N) is 1. The fraction of sp³-hybridized carbons (Fsp3) is 0. The van der Waals surface area contributed by atoms with Crippen LogP contribution in [0.1, 0.15) is 10.4 Å². The molecule has 0 saturated heterocycles. The van der Waals surface area contributed by atoms with Crippen molar-refractivity contribution in [2.75, 3.05) is 5.32 Å². The van der Waals surface area contributed by atoms with Crippen molar-refractivity contribution in [3.8, 4) is 0 Å². The van der Waals surface area contributed by atoms with Crippen LogP contribution in [0.4, 0.5) is 10.1 Å². The van der Waals surface area contributed by atoms with Crippen molar-refractivity contribution < 1.29 is 17.6 Å². The van der Waals surface area contributed by atoms with Crippen LogP contribution in [0.5, 0.6) is 0 Å². The van der Waals surface area contributed by atoms with E-state index in [0.29, 0.717) is 0 Å². The molecule has 2 aromatic carbocycles. The van der Waals surface area contributed by atoms with Gasteiger partial charge in [0, 0.05) is 5.69 Å². The summed E-state index contributed by atoms with van der Waals surface area (Å²) in [5.74, 6) is -1.15. The molecule has 8 heteroatoms. The fourth-order valence-electron chi connectivity index (χ4n) is 1.62. The van der Waals surface area contributed by atoms with Gasteiger partial charge in [0.25, 0.3) is 5.91 Å². The van der Waals surface area contributed by atoms with Crippen LogP contribution in [0.3, 0.4) is 0 Å². The third-order valence-electron chi connectivity index (χ3n) is 2.60. The number of halogens is 2. The molecule has 21 heavy (non-hydrogen) atoms. The van der Waals surface area contributed by atoms with Crippen LogP contribution in [-0.4, -0.2) is 14.3 Å². The number of amides is 1. The number of primary sulfonamides is 1. The van der Waals surface area contributed by atoms with E-state index in [-0.39, 0.29) is 21.2 Å². The highest BCUT2D eigenvalue weighted by molar-refractivity contribution is 7.89. The summed E-state index contributed by atoms with van der Waals surface area (Å²) in [6, 6.07) is 8.78. The molecule has 1 amide bonds. The molecule has 2 aromatic rings. The van der Waals surface area contributed by atoms with Crippen molar-refractivity contribution in [2.45, 2.75) is 4.90 Å². The van der Waals surface area contributed by atoms with Crippen molar-refractivity contribution in [3.05, 3.63) is 58.9 Å². The molecule has 0 saturated carbocycles. The smallest absolute Gasteiger partial charge is 0.257 e. The molecule has 0 aliphatic heterocycles. The predicted molar refractivity (Wildman–Crippen MR) is 77.2 cm³/mol. The first-order valence-corrected chi connectivity index (χ1v) is 7.59. The van der Waals surface area contributed by atoms with Crippen LogP contribution in [0, 0.1) is 5.82 Å². The summed E-state index contributed by atoms with van der Waals surface area (Å²) in [5, 5.41) is 7.42. The van der Waals surface area contributed by atoms with Gasteiger partial charge >= 0.3 is 0 Å². The van der Waals surface area contributed by atoms with Crippen LogP contribution in [0.25, 0.3) is 0 Å². The molecule has 0 aliphatic carbocycles. The van der Waals surface area contributed by atoms with Crippen LogP contribution < -0.4 is 10.5 Å². The second-order valence-electron chi connectivity index (χ2n) is 4.15. The number of sulfonamides is 1. The average Bonchev–Trinajstić information content (AvgIpc) is 2.37. The highest BCUT2D eigenvalue weighted by Gasteiger charge is 2.13. The molecule has 0 bridgehead atoms. The van der Waals surface area contributed by atoms with Gasteiger partial charge in [-0.25, -0.2) is 17.9 Å². The van der Waals surface area contributed by atoms with Gasteiger partial charge in [0.1, 0.15) is 5.82 Å². The summed E-state index contributed by atoms with van der Waals surface area (Å²) in [5.41, 5.74) is 0.297. The van der Waals surface area contributed by atoms with Crippen LogP contribution in [-0.2, 0) is 10.0 Å². The number of rotatable bonds is 3. The number of hydrogen-bond donors (Lipinski definition) is 2. The van der Waals surface area contributed by atoms with Gasteiger partial charge in [-0.2, -0.15) is 0 Å². The van der Waals surface area contributed by atoms with Gasteiger partial charge in [-0.1, -0.05) is 17.7 Å². The van der Waals surface area contributed by atoms with Gasteiger partial charge in [-0.05, 0) is 36.4 Å². The average molecular weight is 329 g/mol. The maximum absolute atomic E-state index is 12.9. The Kier molecular flexibility index (Phi) is 4.26. The van der Waals surface area contributed by atoms with Crippen LogP contribution >= 0.6 is 11.6 Å². The summed E-state index contributed by atoms with van der Waals surface area (Å²) in [6.45, 7) is 0. The Labute approximate surface area is 125 Å². The molecule has 0 spiro atoms. The summed E-state index contributed by atoms with van der Waals surface area (Å²) in [7, 11) is -3.87. The van der Waals surface area contributed by atoms with E-state index in [9.17, 15) is 17.6 Å². The van der Waals surface area contributed by atoms with Gasteiger partial charge in [0.2, 0.25) is 10.0 Å². The number of carbonyl (C=O) groups excluding carboxylic acids is 1. The van der Waals surface area contributed by atoms with Crippen LogP contribution in [0.15, 0.2) is 47.4 Å². The molecule has 2 rings (SSSR count). The molecule has 0 fully saturated rings. The summed E-state index contributed by atoms with van der Waals surface area (Å²) in [6.07, 6.45) is 0. The predicted octanol–water partition coefficient (Wildman–Crippen LogP) is 2.38. The Bertz CT molecular complexity index is 809. The molecule has 5 nitrogen and oxygen atoms in total. The number of nitrogens with two attached hydrogens (primary N) is 1. The van der Waals surface area contributed by atoms with Crippen molar-refractivity contribution in [2.24, 2.45) is 5.14 Å². The lowest BCUT2D eigenvalue weighted by atomic mass is 10.2. The Hall–Kier alpha value is -1.96. The minimum Gasteiger partial charge on any atom is -0.322 e. The van der Waals surface area contributed by atoms with Crippen LogP contribution in [0.2, 0.25) is 5.02 Å². The van der Waals surface area contributed by atoms with Gasteiger partial charge < -0.3 is 5.32 Å². The molecule has 3 N–H and O–H groups in total. The van der Waals surface area contributed by atoms with E-state index in [4.69, 9.17) is 16.7 Å². The number of hydrogen-bond acceptors (Lipinski definition) is 3. The Morgan fingerprint density at radius 1 is 1.19 bits per heavy atom. The van der Waals surface area contributed by atoms with E-state index in [1.54, 1.807) is 0 Å². The summed E-state index contributed by atoms with van der Waals surface area (Å²) >= 11 is 5.78. The zero-order valence-electron chi connectivity index (χ0n) is 10.5. The van der Waals surface area contributed by atoms with Gasteiger partial charge in [0.05, 0.1) is 15.5 Å². The lowest BCUT2D eigenvalue weighted by Gasteiger charge is -2.08. The lowest BCUT2D eigenvalue weighted by molar-refractivity contribution is 0.102. The molecule has 0 unspecified atom stereocenters. The first-order valence-electron chi connectivity index (χ1n) is 5.66. The minimum atomic E-state index is -3.87. The molecular weight excluding hydrogens is 319 g/mol. The molecule has 110 valence electrons. The number of anilines is 1. The van der Waals surface area contributed by atoms with Gasteiger partial charge in [-0.15, -0.1) is 0 Å². The first-order chi connectivity index (χ1) is 9.77. The first kappa shape index (κ1) is 15.4. The van der Waals surface area contributed by atoms with E-state index in [2.05, 4.69) is 5.32 Å². The maximum atomic E-state index is 12.9. The Morgan fingerprint density at radius 2 is 1.90 bits per heavy atom. The van der Waals surface area contributed by atoms with Gasteiger partial charge in [0.15, 0.2) is 0 Å². The topological polar surface area (TPSA) is 89.3 Å². The number of carbonyl (C=O) groups is 1. The van der Waals surface area contributed by atoms with Crippen molar-refractivity contribution in [1.82, 2.24) is 0 Å². The van der Waals surface area contributed by atoms with E-state index in [1.807, 2.05) is 0 Å². The highest BCUT2D eigenvalue weighted by atomic mass is 35.5.